The van der Waals surface area contributed by atoms with Gasteiger partial charge in [0.15, 0.2) is 0 Å². The van der Waals surface area contributed by atoms with Gasteiger partial charge in [-0.15, -0.1) is 12.4 Å². The number of aromatic nitrogens is 1. The molecular weight excluding hydrogens is 381 g/mol. The Kier molecular flexibility index (Phi) is 8.45. The summed E-state index contributed by atoms with van der Waals surface area (Å²) in [7, 11) is 1.88. The first-order chi connectivity index (χ1) is 13.0. The number of aryl methyl sites for hydroxylation is 1. The van der Waals surface area contributed by atoms with E-state index in [1.54, 1.807) is 6.07 Å². The van der Waals surface area contributed by atoms with Crippen LogP contribution < -0.4 is 5.73 Å². The molecule has 154 valence electrons. The van der Waals surface area contributed by atoms with Gasteiger partial charge in [-0.1, -0.05) is 23.7 Å². The highest BCUT2D eigenvalue weighted by molar-refractivity contribution is 5.85. The van der Waals surface area contributed by atoms with Crippen molar-refractivity contribution in [1.29, 1.82) is 0 Å². The Morgan fingerprint density at radius 1 is 1.29 bits per heavy atom. The Balaban J connectivity index is 0.00000280. The minimum Gasteiger partial charge on any atom is -0.361 e. The van der Waals surface area contributed by atoms with Crippen LogP contribution in [0.15, 0.2) is 34.9 Å². The smallest absolute Gasteiger partial charge is 0.225 e. The fraction of sp³-hybridized carbons (Fsp3) is 0.524. The zero-order valence-corrected chi connectivity index (χ0v) is 17.1. The summed E-state index contributed by atoms with van der Waals surface area (Å²) < 4.78 is 18.6. The topological polar surface area (TPSA) is 72.4 Å². The molecule has 2 aromatic rings. The molecule has 1 amide bonds. The van der Waals surface area contributed by atoms with E-state index in [1.165, 1.54) is 12.1 Å². The largest absolute Gasteiger partial charge is 0.361 e. The average molecular weight is 410 g/mol. The third-order valence-corrected chi connectivity index (χ3v) is 5.29. The first-order valence-corrected chi connectivity index (χ1v) is 9.75. The van der Waals surface area contributed by atoms with Crippen molar-refractivity contribution in [3.63, 3.8) is 0 Å². The van der Waals surface area contributed by atoms with Crippen molar-refractivity contribution in [1.82, 2.24) is 10.1 Å². The molecule has 1 fully saturated rings. The molecule has 1 aromatic heterocycles. The summed E-state index contributed by atoms with van der Waals surface area (Å²) in [5, 5.41) is 4.02. The molecule has 0 aliphatic heterocycles. The fourth-order valence-electron chi connectivity index (χ4n) is 3.70. The second-order valence-electron chi connectivity index (χ2n) is 7.53. The normalized spacial score (nSPS) is 18.7. The maximum absolute atomic E-state index is 13.3. The third-order valence-electron chi connectivity index (χ3n) is 5.29. The predicted molar refractivity (Wildman–Crippen MR) is 110 cm³/mol. The molecule has 1 aliphatic carbocycles. The minimum absolute atomic E-state index is 0. The molecule has 1 heterocycles. The lowest BCUT2D eigenvalue weighted by molar-refractivity contribution is -0.134. The third kappa shape index (κ3) is 6.04. The molecule has 0 bridgehead atoms. The van der Waals surface area contributed by atoms with Crippen LogP contribution in [-0.4, -0.2) is 35.6 Å². The van der Waals surface area contributed by atoms with Crippen LogP contribution in [0.2, 0.25) is 0 Å². The summed E-state index contributed by atoms with van der Waals surface area (Å²) in [5.41, 5.74) is 7.28. The van der Waals surface area contributed by atoms with Gasteiger partial charge in [0.2, 0.25) is 5.91 Å². The highest BCUT2D eigenvalue weighted by Gasteiger charge is 2.29. The van der Waals surface area contributed by atoms with Crippen molar-refractivity contribution in [3.05, 3.63) is 41.9 Å². The van der Waals surface area contributed by atoms with Gasteiger partial charge in [0, 0.05) is 43.6 Å². The lowest BCUT2D eigenvalue weighted by atomic mass is 10.1. The van der Waals surface area contributed by atoms with Crippen LogP contribution in [0.25, 0.3) is 11.3 Å². The van der Waals surface area contributed by atoms with E-state index in [0.717, 1.165) is 62.8 Å². The second kappa shape index (κ2) is 10.6. The molecule has 2 unspecified atom stereocenters. The molecule has 0 saturated heterocycles. The summed E-state index contributed by atoms with van der Waals surface area (Å²) >= 11 is 0. The second-order valence-corrected chi connectivity index (χ2v) is 7.53. The molecule has 3 rings (SSSR count). The first kappa shape index (κ1) is 22.4. The SMILES string of the molecule is CN(CCCCCc1cc(-c2cccc(F)c2)no1)C(=O)C1CCC(N)C1.Cl. The van der Waals surface area contributed by atoms with Gasteiger partial charge in [0.05, 0.1) is 0 Å². The van der Waals surface area contributed by atoms with Crippen LogP contribution in [0.4, 0.5) is 4.39 Å². The number of rotatable bonds is 8. The van der Waals surface area contributed by atoms with Crippen LogP contribution in [-0.2, 0) is 11.2 Å². The Morgan fingerprint density at radius 3 is 2.82 bits per heavy atom. The van der Waals surface area contributed by atoms with Crippen molar-refractivity contribution < 1.29 is 13.7 Å². The molecule has 0 radical (unpaired) electrons. The first-order valence-electron chi connectivity index (χ1n) is 9.75. The number of nitrogens with zero attached hydrogens (tertiary/aromatic N) is 2. The van der Waals surface area contributed by atoms with E-state index in [4.69, 9.17) is 10.3 Å². The van der Waals surface area contributed by atoms with Gasteiger partial charge in [-0.25, -0.2) is 4.39 Å². The predicted octanol–water partition coefficient (Wildman–Crippen LogP) is 4.20. The number of halogens is 2. The van der Waals surface area contributed by atoms with E-state index in [9.17, 15) is 9.18 Å². The number of unbranched alkanes of at least 4 members (excludes halogenated alkanes) is 2. The van der Waals surface area contributed by atoms with E-state index >= 15 is 0 Å². The summed E-state index contributed by atoms with van der Waals surface area (Å²) in [6, 6.07) is 8.39. The van der Waals surface area contributed by atoms with Crippen molar-refractivity contribution in [2.75, 3.05) is 13.6 Å². The van der Waals surface area contributed by atoms with Gasteiger partial charge in [-0.2, -0.15) is 0 Å². The van der Waals surface area contributed by atoms with E-state index in [2.05, 4.69) is 5.16 Å². The molecule has 2 N–H and O–H groups in total. The zero-order chi connectivity index (χ0) is 19.2. The molecule has 1 aromatic carbocycles. The number of benzene rings is 1. The Hall–Kier alpha value is -1.92. The Labute approximate surface area is 171 Å². The highest BCUT2D eigenvalue weighted by atomic mass is 35.5. The van der Waals surface area contributed by atoms with Crippen molar-refractivity contribution in [2.45, 2.75) is 51.0 Å². The highest BCUT2D eigenvalue weighted by Crippen LogP contribution is 2.26. The van der Waals surface area contributed by atoms with Crippen molar-refractivity contribution >= 4 is 18.3 Å². The Morgan fingerprint density at radius 2 is 2.11 bits per heavy atom. The number of carbonyl (C=O) groups is 1. The van der Waals surface area contributed by atoms with Crippen LogP contribution >= 0.6 is 12.4 Å². The fourth-order valence-corrected chi connectivity index (χ4v) is 3.70. The van der Waals surface area contributed by atoms with Gasteiger partial charge in [-0.3, -0.25) is 4.79 Å². The standard InChI is InChI=1S/C21H28FN3O2.ClH/c1-25(21(26)16-9-10-18(23)13-16)11-4-2-3-8-19-14-20(24-27-19)15-6-5-7-17(22)12-15;/h5-7,12,14,16,18H,2-4,8-11,13,23H2,1H3;1H. The monoisotopic (exact) mass is 409 g/mol. The Bertz CT molecular complexity index is 768. The van der Waals surface area contributed by atoms with E-state index in [1.807, 2.05) is 24.1 Å². The molecule has 0 spiro atoms. The van der Waals surface area contributed by atoms with Crippen LogP contribution in [0.5, 0.6) is 0 Å². The number of carbonyl (C=O) groups excluding carboxylic acids is 1. The van der Waals surface area contributed by atoms with Crippen LogP contribution in [0.1, 0.15) is 44.3 Å². The van der Waals surface area contributed by atoms with Gasteiger partial charge < -0.3 is 15.2 Å². The maximum Gasteiger partial charge on any atom is 0.225 e. The van der Waals surface area contributed by atoms with Gasteiger partial charge in [0.25, 0.3) is 0 Å². The molecule has 2 atom stereocenters. The zero-order valence-electron chi connectivity index (χ0n) is 16.3. The molecule has 1 aliphatic rings. The number of hydrogen-bond acceptors (Lipinski definition) is 4. The van der Waals surface area contributed by atoms with Crippen LogP contribution in [0.3, 0.4) is 0 Å². The number of nitrogens with two attached hydrogens (primary N) is 1. The minimum atomic E-state index is -0.282. The average Bonchev–Trinajstić information content (AvgIpc) is 3.30. The molecule has 1 saturated carbocycles. The quantitative estimate of drug-likeness (QED) is 0.663. The van der Waals surface area contributed by atoms with Crippen LogP contribution in [0, 0.1) is 11.7 Å². The number of amides is 1. The van der Waals surface area contributed by atoms with E-state index in [-0.39, 0.29) is 36.1 Å². The van der Waals surface area contributed by atoms with E-state index in [0.29, 0.717) is 5.69 Å². The molecule has 28 heavy (non-hydrogen) atoms. The van der Waals surface area contributed by atoms with Crippen molar-refractivity contribution in [2.24, 2.45) is 11.7 Å². The lowest BCUT2D eigenvalue weighted by Crippen LogP contribution is -2.33. The molecular formula is C21H29ClFN3O2. The summed E-state index contributed by atoms with van der Waals surface area (Å²) in [5.74, 6) is 0.868. The summed E-state index contributed by atoms with van der Waals surface area (Å²) in [6.45, 7) is 0.773. The van der Waals surface area contributed by atoms with E-state index < -0.39 is 0 Å². The number of hydrogen-bond donors (Lipinski definition) is 1. The van der Waals surface area contributed by atoms with Gasteiger partial charge in [-0.05, 0) is 44.2 Å². The lowest BCUT2D eigenvalue weighted by Gasteiger charge is -2.21. The maximum atomic E-state index is 13.3. The van der Waals surface area contributed by atoms with Crippen molar-refractivity contribution in [3.8, 4) is 11.3 Å². The molecule has 7 heteroatoms. The molecule has 5 nitrogen and oxygen atoms in total. The summed E-state index contributed by atoms with van der Waals surface area (Å²) in [4.78, 5) is 14.2. The summed E-state index contributed by atoms with van der Waals surface area (Å²) in [6.07, 6.45) is 6.43. The van der Waals surface area contributed by atoms with Gasteiger partial charge >= 0.3 is 0 Å². The van der Waals surface area contributed by atoms with Gasteiger partial charge in [0.1, 0.15) is 17.3 Å².